The highest BCUT2D eigenvalue weighted by Crippen LogP contribution is 2.38. The summed E-state index contributed by atoms with van der Waals surface area (Å²) < 4.78 is 41.4. The molecule has 0 aromatic carbocycles. The molecule has 0 radical (unpaired) electrons. The van der Waals surface area contributed by atoms with Gasteiger partial charge in [0.1, 0.15) is 11.6 Å². The Morgan fingerprint density at radius 2 is 1.95 bits per heavy atom. The van der Waals surface area contributed by atoms with Crippen molar-refractivity contribution >= 4 is 0 Å². The molecule has 3 unspecified atom stereocenters. The molecule has 0 bridgehead atoms. The Kier molecular flexibility index (Phi) is 3.94. The summed E-state index contributed by atoms with van der Waals surface area (Å²) in [6.45, 7) is 2.76. The van der Waals surface area contributed by atoms with Gasteiger partial charge in [0, 0.05) is 19.0 Å². The number of hydrogen-bond donors (Lipinski definition) is 1. The molecule has 1 saturated carbocycles. The summed E-state index contributed by atoms with van der Waals surface area (Å²) in [5.74, 6) is 0.485. The molecule has 3 rings (SSSR count). The van der Waals surface area contributed by atoms with E-state index in [1.807, 2.05) is 11.5 Å². The van der Waals surface area contributed by atoms with Crippen LogP contribution >= 0.6 is 0 Å². The van der Waals surface area contributed by atoms with E-state index in [1.165, 1.54) is 0 Å². The number of alkyl halides is 3. The van der Waals surface area contributed by atoms with Gasteiger partial charge in [-0.3, -0.25) is 0 Å². The van der Waals surface area contributed by atoms with Gasteiger partial charge in [-0.2, -0.15) is 13.2 Å². The van der Waals surface area contributed by atoms with Crippen molar-refractivity contribution in [2.24, 2.45) is 5.92 Å². The Morgan fingerprint density at radius 1 is 1.19 bits per heavy atom. The summed E-state index contributed by atoms with van der Waals surface area (Å²) in [5, 5.41) is 11.5. The maximum absolute atomic E-state index is 13.1. The number of rotatable bonds is 3. The second-order valence-electron chi connectivity index (χ2n) is 6.16. The molecule has 1 fully saturated rings. The lowest BCUT2D eigenvalue weighted by atomic mass is 9.83. The van der Waals surface area contributed by atoms with Crippen LogP contribution in [0.25, 0.3) is 0 Å². The molecule has 0 amide bonds. The maximum atomic E-state index is 13.1. The van der Waals surface area contributed by atoms with Gasteiger partial charge in [0.05, 0.1) is 12.0 Å². The smallest absolute Gasteiger partial charge is 0.314 e. The summed E-state index contributed by atoms with van der Waals surface area (Å²) in [7, 11) is 0. The first-order valence-corrected chi connectivity index (χ1v) is 7.71. The predicted octanol–water partition coefficient (Wildman–Crippen LogP) is 3.00. The van der Waals surface area contributed by atoms with E-state index in [0.29, 0.717) is 12.8 Å². The minimum absolute atomic E-state index is 0.197. The highest BCUT2D eigenvalue weighted by atomic mass is 19.4. The molecule has 0 spiro atoms. The van der Waals surface area contributed by atoms with E-state index in [0.717, 1.165) is 37.5 Å². The van der Waals surface area contributed by atoms with E-state index in [2.05, 4.69) is 15.5 Å². The molecule has 7 heteroatoms. The van der Waals surface area contributed by atoms with E-state index in [-0.39, 0.29) is 12.5 Å². The lowest BCUT2D eigenvalue weighted by Gasteiger charge is -2.35. The molecule has 2 heterocycles. The van der Waals surface area contributed by atoms with Gasteiger partial charge >= 0.3 is 6.18 Å². The quantitative estimate of drug-likeness (QED) is 0.933. The first kappa shape index (κ1) is 14.8. The van der Waals surface area contributed by atoms with Gasteiger partial charge in [-0.15, -0.1) is 10.2 Å². The second-order valence-corrected chi connectivity index (χ2v) is 6.16. The van der Waals surface area contributed by atoms with Gasteiger partial charge in [-0.25, -0.2) is 0 Å². The van der Waals surface area contributed by atoms with Crippen molar-refractivity contribution in [3.63, 3.8) is 0 Å². The van der Waals surface area contributed by atoms with Crippen LogP contribution in [-0.2, 0) is 13.0 Å². The van der Waals surface area contributed by atoms with E-state index in [1.54, 1.807) is 0 Å². The van der Waals surface area contributed by atoms with Crippen LogP contribution in [0.4, 0.5) is 13.2 Å². The normalized spacial score (nSPS) is 27.6. The fourth-order valence-electron chi connectivity index (χ4n) is 3.61. The summed E-state index contributed by atoms with van der Waals surface area (Å²) in [4.78, 5) is 0. The third-order valence-electron chi connectivity index (χ3n) is 4.68. The van der Waals surface area contributed by atoms with E-state index in [4.69, 9.17) is 0 Å². The topological polar surface area (TPSA) is 42.7 Å². The summed E-state index contributed by atoms with van der Waals surface area (Å²) >= 11 is 0. The van der Waals surface area contributed by atoms with Crippen molar-refractivity contribution < 1.29 is 13.2 Å². The average Bonchev–Trinajstić information content (AvgIpc) is 2.99. The molecule has 1 N–H and O–H groups in total. The molecular formula is C14H21F3N4. The molecule has 0 saturated heterocycles. The zero-order valence-corrected chi connectivity index (χ0v) is 12.2. The van der Waals surface area contributed by atoms with Crippen LogP contribution in [0.2, 0.25) is 0 Å². The fourth-order valence-corrected chi connectivity index (χ4v) is 3.61. The van der Waals surface area contributed by atoms with Crippen molar-refractivity contribution in [2.45, 2.75) is 70.3 Å². The monoisotopic (exact) mass is 302 g/mol. The number of aryl methyl sites for hydroxylation is 1. The van der Waals surface area contributed by atoms with Crippen molar-refractivity contribution in [3.8, 4) is 0 Å². The highest BCUT2D eigenvalue weighted by molar-refractivity contribution is 5.05. The SMILES string of the molecule is CC(NC1CCCCC1C(F)(F)F)c1nnc2n1CCC2. The van der Waals surface area contributed by atoms with Crippen LogP contribution in [0.5, 0.6) is 0 Å². The summed E-state index contributed by atoms with van der Waals surface area (Å²) in [5.41, 5.74) is 0. The lowest BCUT2D eigenvalue weighted by Crippen LogP contribution is -2.46. The number of aromatic nitrogens is 3. The predicted molar refractivity (Wildman–Crippen MR) is 71.7 cm³/mol. The molecule has 1 aromatic rings. The van der Waals surface area contributed by atoms with Crippen LogP contribution < -0.4 is 5.32 Å². The molecule has 118 valence electrons. The van der Waals surface area contributed by atoms with Gasteiger partial charge < -0.3 is 9.88 Å². The van der Waals surface area contributed by atoms with Gasteiger partial charge in [0.2, 0.25) is 0 Å². The molecule has 1 aliphatic carbocycles. The van der Waals surface area contributed by atoms with Crippen LogP contribution in [0.1, 0.15) is 56.7 Å². The minimum atomic E-state index is -4.12. The molecule has 1 aromatic heterocycles. The Balaban J connectivity index is 1.72. The standard InChI is InChI=1S/C14H21F3N4/c1-9(13-20-19-12-7-4-8-21(12)13)18-11-6-3-2-5-10(11)14(15,16)17/h9-11,18H,2-8H2,1H3. The molecule has 1 aliphatic heterocycles. The van der Waals surface area contributed by atoms with E-state index < -0.39 is 18.1 Å². The number of halogens is 3. The molecule has 4 nitrogen and oxygen atoms in total. The second kappa shape index (κ2) is 5.59. The summed E-state index contributed by atoms with van der Waals surface area (Å²) in [6.07, 6.45) is 0.158. The first-order chi connectivity index (χ1) is 9.97. The van der Waals surface area contributed by atoms with E-state index >= 15 is 0 Å². The highest BCUT2D eigenvalue weighted by Gasteiger charge is 2.45. The largest absolute Gasteiger partial charge is 0.393 e. The van der Waals surface area contributed by atoms with Gasteiger partial charge in [-0.1, -0.05) is 12.8 Å². The molecule has 2 aliphatic rings. The Bertz CT molecular complexity index is 497. The van der Waals surface area contributed by atoms with Crippen LogP contribution in [0, 0.1) is 5.92 Å². The van der Waals surface area contributed by atoms with Crippen molar-refractivity contribution in [3.05, 3.63) is 11.6 Å². The van der Waals surface area contributed by atoms with Crippen LogP contribution in [-0.4, -0.2) is 27.0 Å². The fraction of sp³-hybridized carbons (Fsp3) is 0.857. The molecule has 21 heavy (non-hydrogen) atoms. The Labute approximate surface area is 122 Å². The average molecular weight is 302 g/mol. The first-order valence-electron chi connectivity index (χ1n) is 7.71. The number of fused-ring (bicyclic) bond motifs is 1. The Morgan fingerprint density at radius 3 is 2.71 bits per heavy atom. The lowest BCUT2D eigenvalue weighted by molar-refractivity contribution is -0.189. The van der Waals surface area contributed by atoms with Crippen LogP contribution in [0.15, 0.2) is 0 Å². The molecular weight excluding hydrogens is 281 g/mol. The van der Waals surface area contributed by atoms with Gasteiger partial charge in [0.25, 0.3) is 0 Å². The van der Waals surface area contributed by atoms with Gasteiger partial charge in [-0.05, 0) is 26.2 Å². The maximum Gasteiger partial charge on any atom is 0.393 e. The number of nitrogens with zero attached hydrogens (tertiary/aromatic N) is 3. The molecule has 3 atom stereocenters. The van der Waals surface area contributed by atoms with Crippen molar-refractivity contribution in [1.82, 2.24) is 20.1 Å². The number of nitrogens with one attached hydrogen (secondary N) is 1. The van der Waals surface area contributed by atoms with Crippen molar-refractivity contribution in [1.29, 1.82) is 0 Å². The van der Waals surface area contributed by atoms with Gasteiger partial charge in [0.15, 0.2) is 0 Å². The minimum Gasteiger partial charge on any atom is -0.314 e. The van der Waals surface area contributed by atoms with Crippen molar-refractivity contribution in [2.75, 3.05) is 0 Å². The van der Waals surface area contributed by atoms with E-state index in [9.17, 15) is 13.2 Å². The summed E-state index contributed by atoms with van der Waals surface area (Å²) in [6, 6.07) is -0.708. The number of hydrogen-bond acceptors (Lipinski definition) is 3. The zero-order valence-electron chi connectivity index (χ0n) is 12.2. The third kappa shape index (κ3) is 2.93. The zero-order chi connectivity index (χ0) is 15.0. The third-order valence-corrected chi connectivity index (χ3v) is 4.68. The van der Waals surface area contributed by atoms with Crippen LogP contribution in [0.3, 0.4) is 0 Å². The Hall–Kier alpha value is -1.11.